The van der Waals surface area contributed by atoms with Crippen molar-refractivity contribution < 1.29 is 18.6 Å². The second-order valence-electron chi connectivity index (χ2n) is 7.49. The van der Waals surface area contributed by atoms with Crippen LogP contribution in [0.5, 0.6) is 5.75 Å². The Hall–Kier alpha value is -2.85. The molecule has 3 aromatic heterocycles. The zero-order chi connectivity index (χ0) is 22.8. The van der Waals surface area contributed by atoms with Crippen LogP contribution in [0.2, 0.25) is 0 Å². The Kier molecular flexibility index (Phi) is 6.71. The van der Waals surface area contributed by atoms with E-state index in [2.05, 4.69) is 25.7 Å². The van der Waals surface area contributed by atoms with E-state index in [-0.39, 0.29) is 12.4 Å². The summed E-state index contributed by atoms with van der Waals surface area (Å²) in [6.07, 6.45) is 0.425. The van der Waals surface area contributed by atoms with Crippen molar-refractivity contribution in [3.05, 3.63) is 35.9 Å². The highest BCUT2D eigenvalue weighted by Gasteiger charge is 2.28. The Morgan fingerprint density at radius 2 is 2.03 bits per heavy atom. The number of nitrogens with one attached hydrogen (secondary N) is 2. The largest absolute Gasteiger partial charge is 0.495 e. The first-order valence-electron chi connectivity index (χ1n) is 10.2. The molecule has 3 aromatic rings. The number of pyridine rings is 1. The number of hydrogen-bond donors (Lipinski definition) is 3. The van der Waals surface area contributed by atoms with Crippen LogP contribution in [0.25, 0.3) is 17.0 Å². The van der Waals surface area contributed by atoms with Crippen LogP contribution in [0.1, 0.15) is 33.4 Å². The van der Waals surface area contributed by atoms with Gasteiger partial charge >= 0.3 is 0 Å². The molecule has 4 rings (SSSR count). The summed E-state index contributed by atoms with van der Waals surface area (Å²) in [6, 6.07) is 3.86. The molecule has 31 heavy (non-hydrogen) atoms. The molecule has 1 fully saturated rings. The summed E-state index contributed by atoms with van der Waals surface area (Å²) in [5.41, 5.74) is 0.453. The van der Waals surface area contributed by atoms with Crippen LogP contribution in [-0.4, -0.2) is 57.1 Å². The number of rotatable bonds is 5. The van der Waals surface area contributed by atoms with Crippen molar-refractivity contribution in [1.82, 2.24) is 24.9 Å². The van der Waals surface area contributed by atoms with Crippen molar-refractivity contribution >= 4 is 11.5 Å². The van der Waals surface area contributed by atoms with Gasteiger partial charge in [-0.05, 0) is 26.0 Å². The van der Waals surface area contributed by atoms with Gasteiger partial charge in [0.25, 0.3) is 0 Å². The Morgan fingerprint density at radius 1 is 1.29 bits per heavy atom. The first kappa shape index (κ1) is 22.8. The zero-order valence-corrected chi connectivity index (χ0v) is 18.3. The topological polar surface area (TPSA) is 96.6 Å². The smallest absolute Gasteiger partial charge is 0.165 e. The molecule has 0 aliphatic carbocycles. The molecule has 8 nitrogen and oxygen atoms in total. The fourth-order valence-electron chi connectivity index (χ4n) is 3.30. The molecule has 10 heteroatoms. The molecule has 0 radical (unpaired) electrons. The van der Waals surface area contributed by atoms with Crippen LogP contribution in [0.3, 0.4) is 0 Å². The molecule has 0 saturated carbocycles. The van der Waals surface area contributed by atoms with Crippen LogP contribution in [-0.2, 0) is 5.60 Å². The average Bonchev–Trinajstić information content (AvgIpc) is 3.35. The highest BCUT2D eigenvalue weighted by atomic mass is 19.1. The van der Waals surface area contributed by atoms with Crippen molar-refractivity contribution in [2.75, 3.05) is 25.5 Å². The summed E-state index contributed by atoms with van der Waals surface area (Å²) in [7, 11) is 1.49. The first-order chi connectivity index (χ1) is 14.8. The standard InChI is InChI=1S/C19H22F2N6O2.C2H6/c1-19(2,28)17-15(29-3)6-16-23-9-14(27(16)26-17)12-5-4-10(20)18(24-12)25-13-8-22-7-11(13)21;1-2/h4-6,9,11,13,22,28H,7-8H2,1-3H3,(H,24,25);1-2H3. The lowest BCUT2D eigenvalue weighted by atomic mass is 10.0. The molecule has 0 spiro atoms. The third-order valence-electron chi connectivity index (χ3n) is 4.83. The predicted octanol–water partition coefficient (Wildman–Crippen LogP) is 2.91. The molecule has 3 N–H and O–H groups in total. The first-order valence-corrected chi connectivity index (χ1v) is 10.2. The lowest BCUT2D eigenvalue weighted by Gasteiger charge is -2.19. The highest BCUT2D eigenvalue weighted by molar-refractivity contribution is 5.62. The monoisotopic (exact) mass is 434 g/mol. The van der Waals surface area contributed by atoms with E-state index in [9.17, 15) is 13.9 Å². The molecule has 1 aliphatic heterocycles. The van der Waals surface area contributed by atoms with Crippen LogP contribution in [0.4, 0.5) is 14.6 Å². The summed E-state index contributed by atoms with van der Waals surface area (Å²) in [5.74, 6) is -0.210. The van der Waals surface area contributed by atoms with Crippen molar-refractivity contribution in [2.45, 2.75) is 45.5 Å². The second-order valence-corrected chi connectivity index (χ2v) is 7.49. The Balaban J connectivity index is 0.00000132. The van der Waals surface area contributed by atoms with Gasteiger partial charge in [0, 0.05) is 19.2 Å². The van der Waals surface area contributed by atoms with Gasteiger partial charge in [0.1, 0.15) is 28.9 Å². The maximum atomic E-state index is 14.3. The third kappa shape index (κ3) is 4.59. The normalized spacial score (nSPS) is 18.6. The minimum absolute atomic E-state index is 0.0370. The number of aliphatic hydroxyl groups is 1. The van der Waals surface area contributed by atoms with E-state index in [0.29, 0.717) is 35.0 Å². The number of anilines is 1. The van der Waals surface area contributed by atoms with Crippen LogP contribution in [0, 0.1) is 5.82 Å². The van der Waals surface area contributed by atoms with Crippen LogP contribution in [0.15, 0.2) is 24.4 Å². The van der Waals surface area contributed by atoms with E-state index < -0.39 is 23.6 Å². The minimum Gasteiger partial charge on any atom is -0.495 e. The molecule has 0 bridgehead atoms. The molecule has 0 amide bonds. The number of hydrogen-bond acceptors (Lipinski definition) is 7. The number of aromatic nitrogens is 4. The summed E-state index contributed by atoms with van der Waals surface area (Å²) in [4.78, 5) is 8.63. The Labute approximate surface area is 179 Å². The molecule has 168 valence electrons. The molecule has 1 saturated heterocycles. The quantitative estimate of drug-likeness (QED) is 0.568. The fraction of sp³-hybridized carbons (Fsp3) is 0.476. The summed E-state index contributed by atoms with van der Waals surface area (Å²) in [6.45, 7) is 7.80. The van der Waals surface area contributed by atoms with Gasteiger partial charge in [-0.2, -0.15) is 5.10 Å². The van der Waals surface area contributed by atoms with Crippen molar-refractivity contribution in [2.24, 2.45) is 0 Å². The van der Waals surface area contributed by atoms with E-state index in [1.54, 1.807) is 26.1 Å². The van der Waals surface area contributed by atoms with Gasteiger partial charge in [0.05, 0.1) is 25.0 Å². The Morgan fingerprint density at radius 3 is 2.65 bits per heavy atom. The number of alkyl halides is 1. The van der Waals surface area contributed by atoms with Crippen molar-refractivity contribution in [1.29, 1.82) is 0 Å². The summed E-state index contributed by atoms with van der Waals surface area (Å²) in [5, 5.41) is 20.6. The molecule has 2 unspecified atom stereocenters. The number of halogens is 2. The number of ether oxygens (including phenoxy) is 1. The molecular formula is C21H28F2N6O2. The van der Waals surface area contributed by atoms with E-state index >= 15 is 0 Å². The lowest BCUT2D eigenvalue weighted by molar-refractivity contribution is 0.0694. The van der Waals surface area contributed by atoms with E-state index in [0.717, 1.165) is 0 Å². The maximum Gasteiger partial charge on any atom is 0.165 e. The molecule has 0 aromatic carbocycles. The van der Waals surface area contributed by atoms with Gasteiger partial charge < -0.3 is 20.5 Å². The summed E-state index contributed by atoms with van der Waals surface area (Å²) >= 11 is 0. The SMILES string of the molecule is CC.COc1cc2ncc(-c3ccc(F)c(NC4CNCC4F)n3)n2nc1C(C)(C)O. The van der Waals surface area contributed by atoms with E-state index in [4.69, 9.17) is 4.74 Å². The number of imidazole rings is 1. The fourth-order valence-corrected chi connectivity index (χ4v) is 3.30. The van der Waals surface area contributed by atoms with Crippen molar-refractivity contribution in [3.8, 4) is 17.1 Å². The minimum atomic E-state index is -1.25. The highest BCUT2D eigenvalue weighted by Crippen LogP contribution is 2.30. The number of methoxy groups -OCH3 is 1. The van der Waals surface area contributed by atoms with Gasteiger partial charge in [-0.15, -0.1) is 0 Å². The Bertz CT molecular complexity index is 1050. The second kappa shape index (κ2) is 9.11. The third-order valence-corrected chi connectivity index (χ3v) is 4.83. The molecular weight excluding hydrogens is 406 g/mol. The van der Waals surface area contributed by atoms with E-state index in [1.165, 1.54) is 23.8 Å². The number of fused-ring (bicyclic) bond motifs is 1. The molecule has 4 heterocycles. The summed E-state index contributed by atoms with van der Waals surface area (Å²) < 4.78 is 35.0. The number of nitrogens with zero attached hydrogens (tertiary/aromatic N) is 4. The van der Waals surface area contributed by atoms with Crippen LogP contribution < -0.4 is 15.4 Å². The van der Waals surface area contributed by atoms with Gasteiger partial charge in [0.15, 0.2) is 17.3 Å². The van der Waals surface area contributed by atoms with Crippen LogP contribution >= 0.6 is 0 Å². The van der Waals surface area contributed by atoms with E-state index in [1.807, 2.05) is 13.8 Å². The zero-order valence-electron chi connectivity index (χ0n) is 18.3. The van der Waals surface area contributed by atoms with Crippen molar-refractivity contribution in [3.63, 3.8) is 0 Å². The van der Waals surface area contributed by atoms with Gasteiger partial charge in [-0.1, -0.05) is 13.8 Å². The lowest BCUT2D eigenvalue weighted by Crippen LogP contribution is -2.30. The van der Waals surface area contributed by atoms with Gasteiger partial charge in [-0.3, -0.25) is 0 Å². The van der Waals surface area contributed by atoms with Gasteiger partial charge in [0.2, 0.25) is 0 Å². The molecule has 2 atom stereocenters. The van der Waals surface area contributed by atoms with Gasteiger partial charge in [-0.25, -0.2) is 23.3 Å². The maximum absolute atomic E-state index is 14.3. The average molecular weight is 434 g/mol. The molecule has 1 aliphatic rings. The predicted molar refractivity (Wildman–Crippen MR) is 114 cm³/mol.